The molecule has 2 aromatic carbocycles. The Hall–Kier alpha value is -1.61. The molecule has 1 aliphatic rings. The molecule has 11 heteroatoms. The first kappa shape index (κ1) is 22.6. The minimum atomic E-state index is -3.66. The van der Waals surface area contributed by atoms with Crippen LogP contribution in [0.1, 0.15) is 0 Å². The number of sulfonamides is 1. The van der Waals surface area contributed by atoms with E-state index in [2.05, 4.69) is 10.2 Å². The number of piperazine rings is 1. The van der Waals surface area contributed by atoms with Gasteiger partial charge in [0.25, 0.3) is 0 Å². The minimum Gasteiger partial charge on any atom is -0.352 e. The number of benzene rings is 2. The van der Waals surface area contributed by atoms with Crippen LogP contribution in [0.2, 0.25) is 20.1 Å². The predicted octanol–water partition coefficient (Wildman–Crippen LogP) is 5.27. The molecular formula is C20H16Cl4N4O2S. The Morgan fingerprint density at radius 3 is 2.10 bits per heavy atom. The van der Waals surface area contributed by atoms with Crippen molar-refractivity contribution in [2.75, 3.05) is 31.1 Å². The summed E-state index contributed by atoms with van der Waals surface area (Å²) in [6.45, 7) is 1.59. The molecule has 0 radical (unpaired) electrons. The summed E-state index contributed by atoms with van der Waals surface area (Å²) in [5, 5.41) is 10.1. The Bertz CT molecular complexity index is 1210. The summed E-state index contributed by atoms with van der Waals surface area (Å²) < 4.78 is 27.2. The molecule has 2 heterocycles. The topological polar surface area (TPSA) is 66.4 Å². The second-order valence-electron chi connectivity index (χ2n) is 6.87. The summed E-state index contributed by atoms with van der Waals surface area (Å²) in [4.78, 5) is 2.11. The van der Waals surface area contributed by atoms with E-state index in [1.54, 1.807) is 18.2 Å². The van der Waals surface area contributed by atoms with Gasteiger partial charge in [0.05, 0.1) is 25.7 Å². The van der Waals surface area contributed by atoms with Crippen molar-refractivity contribution >= 4 is 62.2 Å². The van der Waals surface area contributed by atoms with Gasteiger partial charge < -0.3 is 4.90 Å². The molecule has 0 atom stereocenters. The maximum absolute atomic E-state index is 12.9. The number of hydrogen-bond acceptors (Lipinski definition) is 5. The highest BCUT2D eigenvalue weighted by molar-refractivity contribution is 7.89. The fourth-order valence-corrected chi connectivity index (χ4v) is 5.60. The van der Waals surface area contributed by atoms with Crippen LogP contribution in [0, 0.1) is 0 Å². The molecule has 0 aliphatic carbocycles. The third-order valence-electron chi connectivity index (χ3n) is 4.95. The van der Waals surface area contributed by atoms with Crippen LogP contribution in [-0.2, 0) is 10.0 Å². The van der Waals surface area contributed by atoms with Gasteiger partial charge in [-0.05, 0) is 48.5 Å². The van der Waals surface area contributed by atoms with Crippen molar-refractivity contribution in [3.05, 3.63) is 68.6 Å². The highest BCUT2D eigenvalue weighted by Crippen LogP contribution is 2.30. The molecule has 0 amide bonds. The summed E-state index contributed by atoms with van der Waals surface area (Å²) in [6.07, 6.45) is 0. The van der Waals surface area contributed by atoms with E-state index in [9.17, 15) is 8.42 Å². The molecule has 0 spiro atoms. The number of nitrogens with zero attached hydrogens (tertiary/aromatic N) is 4. The maximum atomic E-state index is 12.9. The molecule has 0 bridgehead atoms. The first-order chi connectivity index (χ1) is 14.8. The highest BCUT2D eigenvalue weighted by atomic mass is 35.5. The lowest BCUT2D eigenvalue weighted by molar-refractivity contribution is 0.383. The fourth-order valence-electron chi connectivity index (χ4n) is 3.28. The summed E-state index contributed by atoms with van der Waals surface area (Å²) in [5.74, 6) is 0.667. The van der Waals surface area contributed by atoms with Crippen LogP contribution in [0.4, 0.5) is 5.82 Å². The van der Waals surface area contributed by atoms with Crippen LogP contribution in [0.25, 0.3) is 11.3 Å². The van der Waals surface area contributed by atoms with E-state index in [0.717, 1.165) is 5.56 Å². The van der Waals surface area contributed by atoms with Crippen LogP contribution in [0.5, 0.6) is 0 Å². The lowest BCUT2D eigenvalue weighted by atomic mass is 10.1. The predicted molar refractivity (Wildman–Crippen MR) is 125 cm³/mol. The Morgan fingerprint density at radius 1 is 0.742 bits per heavy atom. The van der Waals surface area contributed by atoms with E-state index >= 15 is 0 Å². The SMILES string of the molecule is O=S(=O)(c1ccc(Cl)c(Cl)c1)N1CCN(c2ccc(-c3ccc(Cl)cc3Cl)nn2)CC1. The molecule has 0 N–H and O–H groups in total. The molecule has 0 unspecified atom stereocenters. The minimum absolute atomic E-state index is 0.124. The van der Waals surface area contributed by atoms with Crippen LogP contribution < -0.4 is 4.90 Å². The molecule has 6 nitrogen and oxygen atoms in total. The second kappa shape index (κ2) is 9.10. The molecule has 0 saturated carbocycles. The first-order valence-corrected chi connectivity index (χ1v) is 12.2. The van der Waals surface area contributed by atoms with Crippen molar-refractivity contribution in [1.29, 1.82) is 0 Å². The van der Waals surface area contributed by atoms with Gasteiger partial charge in [0.15, 0.2) is 5.82 Å². The van der Waals surface area contributed by atoms with E-state index in [4.69, 9.17) is 46.4 Å². The van der Waals surface area contributed by atoms with Crippen molar-refractivity contribution in [1.82, 2.24) is 14.5 Å². The third kappa shape index (κ3) is 4.77. The second-order valence-corrected chi connectivity index (χ2v) is 10.5. The van der Waals surface area contributed by atoms with Gasteiger partial charge in [0, 0.05) is 36.8 Å². The zero-order valence-corrected chi connectivity index (χ0v) is 19.8. The van der Waals surface area contributed by atoms with Crippen molar-refractivity contribution in [3.63, 3.8) is 0 Å². The summed E-state index contributed by atoms with van der Waals surface area (Å²) in [6, 6.07) is 13.2. The lowest BCUT2D eigenvalue weighted by Crippen LogP contribution is -2.49. The third-order valence-corrected chi connectivity index (χ3v) is 8.13. The molecule has 1 fully saturated rings. The van der Waals surface area contributed by atoms with Gasteiger partial charge in [-0.25, -0.2) is 8.42 Å². The van der Waals surface area contributed by atoms with E-state index in [1.807, 2.05) is 17.0 Å². The quantitative estimate of drug-likeness (QED) is 0.471. The maximum Gasteiger partial charge on any atom is 0.243 e. The molecule has 162 valence electrons. The normalized spacial score (nSPS) is 15.3. The van der Waals surface area contributed by atoms with Crippen molar-refractivity contribution in [2.24, 2.45) is 0 Å². The molecule has 1 saturated heterocycles. The number of hydrogen-bond donors (Lipinski definition) is 0. The Balaban J connectivity index is 1.45. The molecule has 1 aromatic heterocycles. The van der Waals surface area contributed by atoms with Gasteiger partial charge in [0.2, 0.25) is 10.0 Å². The van der Waals surface area contributed by atoms with Crippen LogP contribution in [0.3, 0.4) is 0 Å². The zero-order valence-electron chi connectivity index (χ0n) is 16.0. The van der Waals surface area contributed by atoms with Gasteiger partial charge in [0.1, 0.15) is 0 Å². The van der Waals surface area contributed by atoms with Gasteiger partial charge >= 0.3 is 0 Å². The molecule has 4 rings (SSSR count). The van der Waals surface area contributed by atoms with E-state index in [0.29, 0.717) is 52.8 Å². The van der Waals surface area contributed by atoms with Gasteiger partial charge in [-0.3, -0.25) is 0 Å². The number of anilines is 1. The number of halogens is 4. The van der Waals surface area contributed by atoms with Crippen LogP contribution >= 0.6 is 46.4 Å². The van der Waals surface area contributed by atoms with Crippen molar-refractivity contribution < 1.29 is 8.42 Å². The molecule has 3 aromatic rings. The first-order valence-electron chi connectivity index (χ1n) is 9.25. The fraction of sp³-hybridized carbons (Fsp3) is 0.200. The smallest absolute Gasteiger partial charge is 0.243 e. The van der Waals surface area contributed by atoms with E-state index in [-0.39, 0.29) is 9.92 Å². The summed E-state index contributed by atoms with van der Waals surface area (Å²) >= 11 is 24.1. The average Bonchev–Trinajstić information content (AvgIpc) is 2.76. The van der Waals surface area contributed by atoms with Crippen molar-refractivity contribution in [3.8, 4) is 11.3 Å². The van der Waals surface area contributed by atoms with Crippen LogP contribution in [-0.4, -0.2) is 49.1 Å². The summed E-state index contributed by atoms with van der Waals surface area (Å²) in [7, 11) is -3.66. The Labute approximate surface area is 200 Å². The number of aromatic nitrogens is 2. The molecule has 1 aliphatic heterocycles. The monoisotopic (exact) mass is 516 g/mol. The lowest BCUT2D eigenvalue weighted by Gasteiger charge is -2.34. The molecular weight excluding hydrogens is 502 g/mol. The largest absolute Gasteiger partial charge is 0.352 e. The average molecular weight is 518 g/mol. The number of rotatable bonds is 4. The van der Waals surface area contributed by atoms with E-state index in [1.165, 1.54) is 22.5 Å². The zero-order chi connectivity index (χ0) is 22.2. The standard InChI is InChI=1S/C20H16Cl4N4O2S/c21-13-1-3-15(17(23)11-13)19-5-6-20(26-25-19)27-7-9-28(10-8-27)31(29,30)14-2-4-16(22)18(24)12-14/h1-6,11-12H,7-10H2. The van der Waals surface area contributed by atoms with E-state index < -0.39 is 10.0 Å². The van der Waals surface area contributed by atoms with Crippen LogP contribution in [0.15, 0.2) is 53.4 Å². The molecule has 31 heavy (non-hydrogen) atoms. The summed E-state index contributed by atoms with van der Waals surface area (Å²) in [5.41, 5.74) is 1.37. The van der Waals surface area contributed by atoms with Gasteiger partial charge in [-0.15, -0.1) is 10.2 Å². The highest BCUT2D eigenvalue weighted by Gasteiger charge is 2.29. The van der Waals surface area contributed by atoms with Gasteiger partial charge in [-0.2, -0.15) is 4.31 Å². The van der Waals surface area contributed by atoms with Gasteiger partial charge in [-0.1, -0.05) is 46.4 Å². The van der Waals surface area contributed by atoms with Crippen molar-refractivity contribution in [2.45, 2.75) is 4.90 Å². The Morgan fingerprint density at radius 2 is 1.48 bits per heavy atom. The Kier molecular flexibility index (Phi) is 6.62.